The Bertz CT molecular complexity index is 561. The molecule has 1 aromatic rings. The zero-order chi connectivity index (χ0) is 16.5. The fourth-order valence-corrected chi connectivity index (χ4v) is 1.95. The van der Waals surface area contributed by atoms with E-state index in [9.17, 15) is 9.59 Å². The van der Waals surface area contributed by atoms with Crippen LogP contribution in [-0.4, -0.2) is 23.0 Å². The molecule has 2 N–H and O–H groups in total. The van der Waals surface area contributed by atoms with Gasteiger partial charge in [0.2, 0.25) is 5.91 Å². The Labute approximate surface area is 131 Å². The molecule has 0 heterocycles. The normalized spacial score (nSPS) is 14.6. The van der Waals surface area contributed by atoms with Gasteiger partial charge in [0, 0.05) is 6.08 Å². The molecule has 0 aliphatic rings. The summed E-state index contributed by atoms with van der Waals surface area (Å²) in [6.07, 6.45) is 5.69. The number of hydrogen-bond donors (Lipinski definition) is 2. The van der Waals surface area contributed by atoms with Crippen molar-refractivity contribution in [3.63, 3.8) is 0 Å². The molecule has 0 aliphatic heterocycles. The standard InChI is InChI=1S/C18H23NO3/c1-4-14(3)17(18(21)22)19-16(20)11-10-13(2)12-15-8-6-5-7-9-15/h5-12,14,17H,4H2,1-3H3,(H,19,20)(H,21,22)/b11-10+,13-12+. The lowest BCUT2D eigenvalue weighted by Gasteiger charge is -2.19. The van der Waals surface area contributed by atoms with Crippen molar-refractivity contribution in [2.24, 2.45) is 5.92 Å². The van der Waals surface area contributed by atoms with Crippen LogP contribution in [0.3, 0.4) is 0 Å². The molecule has 22 heavy (non-hydrogen) atoms. The summed E-state index contributed by atoms with van der Waals surface area (Å²) in [5.74, 6) is -1.52. The van der Waals surface area contributed by atoms with E-state index in [4.69, 9.17) is 5.11 Å². The number of amides is 1. The summed E-state index contributed by atoms with van der Waals surface area (Å²) in [4.78, 5) is 23.0. The third-order valence-electron chi connectivity index (χ3n) is 3.47. The first-order valence-electron chi connectivity index (χ1n) is 7.38. The maximum atomic E-state index is 11.8. The predicted molar refractivity (Wildman–Crippen MR) is 88.3 cm³/mol. The van der Waals surface area contributed by atoms with Gasteiger partial charge in [-0.3, -0.25) is 4.79 Å². The Hall–Kier alpha value is -2.36. The number of rotatable bonds is 7. The number of aliphatic carboxylic acids is 1. The molecular formula is C18H23NO3. The van der Waals surface area contributed by atoms with Crippen LogP contribution in [0.25, 0.3) is 6.08 Å². The summed E-state index contributed by atoms with van der Waals surface area (Å²) in [5.41, 5.74) is 1.96. The van der Waals surface area contributed by atoms with E-state index in [1.165, 1.54) is 6.08 Å². The third kappa shape index (κ3) is 5.95. The van der Waals surface area contributed by atoms with Crippen molar-refractivity contribution in [1.82, 2.24) is 5.32 Å². The van der Waals surface area contributed by atoms with Gasteiger partial charge in [-0.25, -0.2) is 4.79 Å². The Balaban J connectivity index is 2.67. The van der Waals surface area contributed by atoms with E-state index in [2.05, 4.69) is 5.32 Å². The van der Waals surface area contributed by atoms with Crippen LogP contribution in [0.5, 0.6) is 0 Å². The van der Waals surface area contributed by atoms with Gasteiger partial charge in [0.15, 0.2) is 0 Å². The van der Waals surface area contributed by atoms with E-state index < -0.39 is 17.9 Å². The van der Waals surface area contributed by atoms with Crippen molar-refractivity contribution in [1.29, 1.82) is 0 Å². The molecule has 118 valence electrons. The van der Waals surface area contributed by atoms with E-state index in [1.807, 2.05) is 57.2 Å². The average Bonchev–Trinajstić information content (AvgIpc) is 2.50. The molecule has 2 atom stereocenters. The van der Waals surface area contributed by atoms with Gasteiger partial charge in [-0.15, -0.1) is 0 Å². The second kappa shape index (κ2) is 8.82. The first kappa shape index (κ1) is 17.7. The van der Waals surface area contributed by atoms with Crippen molar-refractivity contribution in [2.75, 3.05) is 0 Å². The number of nitrogens with one attached hydrogen (secondary N) is 1. The van der Waals surface area contributed by atoms with E-state index in [-0.39, 0.29) is 5.92 Å². The molecule has 2 unspecified atom stereocenters. The molecule has 1 rings (SSSR count). The van der Waals surface area contributed by atoms with Crippen molar-refractivity contribution in [2.45, 2.75) is 33.2 Å². The first-order chi connectivity index (χ1) is 10.4. The lowest BCUT2D eigenvalue weighted by atomic mass is 9.99. The summed E-state index contributed by atoms with van der Waals surface area (Å²) < 4.78 is 0. The molecule has 1 aromatic carbocycles. The number of carbonyl (C=O) groups excluding carboxylic acids is 1. The van der Waals surface area contributed by atoms with Gasteiger partial charge >= 0.3 is 5.97 Å². The highest BCUT2D eigenvalue weighted by Crippen LogP contribution is 2.09. The van der Waals surface area contributed by atoms with E-state index in [0.717, 1.165) is 11.1 Å². The van der Waals surface area contributed by atoms with Crippen LogP contribution in [-0.2, 0) is 9.59 Å². The number of allylic oxidation sites excluding steroid dienone is 2. The second-order valence-corrected chi connectivity index (χ2v) is 5.34. The molecule has 0 saturated carbocycles. The molecule has 4 nitrogen and oxygen atoms in total. The molecule has 1 amide bonds. The first-order valence-corrected chi connectivity index (χ1v) is 7.38. The number of carboxylic acid groups (broad SMARTS) is 1. The minimum atomic E-state index is -1.01. The number of hydrogen-bond acceptors (Lipinski definition) is 2. The molecule has 0 bridgehead atoms. The van der Waals surface area contributed by atoms with Gasteiger partial charge in [0.1, 0.15) is 6.04 Å². The van der Waals surface area contributed by atoms with Crippen LogP contribution in [0, 0.1) is 5.92 Å². The van der Waals surface area contributed by atoms with Crippen LogP contribution in [0.1, 0.15) is 32.8 Å². The highest BCUT2D eigenvalue weighted by molar-refractivity contribution is 5.91. The topological polar surface area (TPSA) is 66.4 Å². The zero-order valence-electron chi connectivity index (χ0n) is 13.2. The van der Waals surface area contributed by atoms with E-state index in [0.29, 0.717) is 6.42 Å². The Kier molecular flexibility index (Phi) is 7.09. The third-order valence-corrected chi connectivity index (χ3v) is 3.47. The monoisotopic (exact) mass is 301 g/mol. The minimum Gasteiger partial charge on any atom is -0.480 e. The minimum absolute atomic E-state index is 0.115. The highest BCUT2D eigenvalue weighted by Gasteiger charge is 2.24. The fraction of sp³-hybridized carbons (Fsp3) is 0.333. The lowest BCUT2D eigenvalue weighted by Crippen LogP contribution is -2.44. The highest BCUT2D eigenvalue weighted by atomic mass is 16.4. The molecule has 0 radical (unpaired) electrons. The molecular weight excluding hydrogens is 278 g/mol. The van der Waals surface area contributed by atoms with Gasteiger partial charge < -0.3 is 10.4 Å². The summed E-state index contributed by atoms with van der Waals surface area (Å²) in [6, 6.07) is 8.91. The Morgan fingerprint density at radius 1 is 1.23 bits per heavy atom. The van der Waals surface area contributed by atoms with Crippen LogP contribution in [0.15, 0.2) is 48.1 Å². The fourth-order valence-electron chi connectivity index (χ4n) is 1.95. The summed E-state index contributed by atoms with van der Waals surface area (Å²) in [6.45, 7) is 5.60. The van der Waals surface area contributed by atoms with Crippen LogP contribution in [0.2, 0.25) is 0 Å². The maximum Gasteiger partial charge on any atom is 0.326 e. The lowest BCUT2D eigenvalue weighted by molar-refractivity contribution is -0.142. The Morgan fingerprint density at radius 2 is 1.86 bits per heavy atom. The molecule has 0 saturated heterocycles. The largest absolute Gasteiger partial charge is 0.480 e. The summed E-state index contributed by atoms with van der Waals surface area (Å²) in [5, 5.41) is 11.7. The summed E-state index contributed by atoms with van der Waals surface area (Å²) >= 11 is 0. The van der Waals surface area contributed by atoms with Crippen molar-refractivity contribution >= 4 is 18.0 Å². The number of carbonyl (C=O) groups is 2. The quantitative estimate of drug-likeness (QED) is 0.600. The van der Waals surface area contributed by atoms with Crippen LogP contribution >= 0.6 is 0 Å². The van der Waals surface area contributed by atoms with Crippen LogP contribution in [0.4, 0.5) is 0 Å². The zero-order valence-corrected chi connectivity index (χ0v) is 13.2. The van der Waals surface area contributed by atoms with E-state index in [1.54, 1.807) is 6.08 Å². The molecule has 4 heteroatoms. The van der Waals surface area contributed by atoms with Crippen LogP contribution < -0.4 is 5.32 Å². The second-order valence-electron chi connectivity index (χ2n) is 5.34. The van der Waals surface area contributed by atoms with Crippen molar-refractivity contribution < 1.29 is 14.7 Å². The van der Waals surface area contributed by atoms with Gasteiger partial charge in [0.25, 0.3) is 0 Å². The van der Waals surface area contributed by atoms with Gasteiger partial charge in [0.05, 0.1) is 0 Å². The van der Waals surface area contributed by atoms with Crippen molar-refractivity contribution in [3.05, 3.63) is 53.6 Å². The average molecular weight is 301 g/mol. The van der Waals surface area contributed by atoms with E-state index >= 15 is 0 Å². The van der Waals surface area contributed by atoms with Gasteiger partial charge in [-0.05, 0) is 18.4 Å². The smallest absolute Gasteiger partial charge is 0.326 e. The van der Waals surface area contributed by atoms with Gasteiger partial charge in [-0.2, -0.15) is 0 Å². The summed E-state index contributed by atoms with van der Waals surface area (Å²) in [7, 11) is 0. The Morgan fingerprint density at radius 3 is 2.41 bits per heavy atom. The number of carboxylic acids is 1. The molecule has 0 aliphatic carbocycles. The SMILES string of the molecule is CCC(C)C(NC(=O)/C=C/C(C)=C/c1ccccc1)C(=O)O. The molecule has 0 aromatic heterocycles. The molecule has 0 spiro atoms. The van der Waals surface area contributed by atoms with Crippen molar-refractivity contribution in [3.8, 4) is 0 Å². The predicted octanol–water partition coefficient (Wildman–Crippen LogP) is 3.26. The maximum absolute atomic E-state index is 11.8. The molecule has 0 fully saturated rings. The number of benzene rings is 1. The van der Waals surface area contributed by atoms with Gasteiger partial charge in [-0.1, -0.05) is 68.3 Å².